The molecule has 0 spiro atoms. The van der Waals surface area contributed by atoms with Gasteiger partial charge in [0.25, 0.3) is 0 Å². The van der Waals surface area contributed by atoms with Crippen LogP contribution in [-0.2, 0) is 35.0 Å². The van der Waals surface area contributed by atoms with Crippen LogP contribution in [0.5, 0.6) is 0 Å². The quantitative estimate of drug-likeness (QED) is 0.356. The largest absolute Gasteiger partial charge is 0.467 e. The number of nitrogens with one attached hydrogen (secondary N) is 1. The molecule has 0 aromatic heterocycles. The zero-order valence-corrected chi connectivity index (χ0v) is 16.4. The van der Waals surface area contributed by atoms with Crippen LogP contribution in [0.2, 0.25) is 0 Å². The van der Waals surface area contributed by atoms with Crippen molar-refractivity contribution in [2.75, 3.05) is 26.0 Å². The van der Waals surface area contributed by atoms with Gasteiger partial charge in [0, 0.05) is 12.3 Å². The normalized spacial score (nSPS) is 19.2. The number of cyclic esters (lactones) is 1. The molecule has 0 saturated carbocycles. The van der Waals surface area contributed by atoms with Gasteiger partial charge in [-0.1, -0.05) is 30.3 Å². The summed E-state index contributed by atoms with van der Waals surface area (Å²) in [6.07, 6.45) is -1.03. The Labute approximate surface area is 162 Å². The highest BCUT2D eigenvalue weighted by Gasteiger charge is 2.35. The van der Waals surface area contributed by atoms with E-state index in [1.165, 1.54) is 0 Å². The summed E-state index contributed by atoms with van der Waals surface area (Å²) in [6.45, 7) is 0.256. The van der Waals surface area contributed by atoms with Gasteiger partial charge >= 0.3 is 18.0 Å². The van der Waals surface area contributed by atoms with E-state index in [-0.39, 0.29) is 32.0 Å². The lowest BCUT2D eigenvalue weighted by Gasteiger charge is -2.19. The van der Waals surface area contributed by atoms with Crippen LogP contribution in [0.25, 0.3) is 0 Å². The highest BCUT2D eigenvalue weighted by atomic mass is 31.2. The number of amides is 1. The summed E-state index contributed by atoms with van der Waals surface area (Å²) in [6, 6.07) is 7.85. The van der Waals surface area contributed by atoms with Crippen molar-refractivity contribution in [1.29, 1.82) is 0 Å². The standard InChI is InChI=1S/C18H24NO8P/c1-25-17(21)15(19-18(22)27-11-13-5-3-2-4-6-13)8-10-28(23,24)12-14-7-9-26-16(14)20/h2-6,14-15H,7-12H2,1H3,(H,19,22)(H,23,24)/t14?,15-/m0/s1. The van der Waals surface area contributed by atoms with Crippen LogP contribution in [-0.4, -0.2) is 55.0 Å². The van der Waals surface area contributed by atoms with Crippen LogP contribution >= 0.6 is 7.37 Å². The van der Waals surface area contributed by atoms with Crippen LogP contribution in [0.1, 0.15) is 18.4 Å². The summed E-state index contributed by atoms with van der Waals surface area (Å²) in [4.78, 5) is 45.5. The van der Waals surface area contributed by atoms with Crippen molar-refractivity contribution in [3.8, 4) is 0 Å². The van der Waals surface area contributed by atoms with Gasteiger partial charge in [0.1, 0.15) is 12.6 Å². The predicted octanol–water partition coefficient (Wildman–Crippen LogP) is 1.68. The molecule has 1 amide bonds. The average Bonchev–Trinajstić information content (AvgIpc) is 3.07. The minimum atomic E-state index is -3.69. The number of carbonyl (C=O) groups excluding carboxylic acids is 3. The predicted molar refractivity (Wildman–Crippen MR) is 98.8 cm³/mol. The molecule has 2 rings (SSSR count). The summed E-state index contributed by atoms with van der Waals surface area (Å²) < 4.78 is 26.9. The second-order valence-corrected chi connectivity index (χ2v) is 8.98. The number of rotatable bonds is 9. The van der Waals surface area contributed by atoms with Crippen molar-refractivity contribution in [1.82, 2.24) is 5.32 Å². The molecular weight excluding hydrogens is 389 g/mol. The maximum absolute atomic E-state index is 12.4. The number of hydrogen-bond acceptors (Lipinski definition) is 7. The first-order valence-corrected chi connectivity index (χ1v) is 10.9. The second-order valence-electron chi connectivity index (χ2n) is 6.48. The van der Waals surface area contributed by atoms with Gasteiger partial charge in [-0.15, -0.1) is 0 Å². The maximum atomic E-state index is 12.4. The highest BCUT2D eigenvalue weighted by molar-refractivity contribution is 7.58. The van der Waals surface area contributed by atoms with Crippen molar-refractivity contribution in [3.05, 3.63) is 35.9 Å². The summed E-state index contributed by atoms with van der Waals surface area (Å²) in [5.74, 6) is -1.85. The molecule has 1 aromatic carbocycles. The summed E-state index contributed by atoms with van der Waals surface area (Å²) >= 11 is 0. The molecule has 0 aliphatic carbocycles. The van der Waals surface area contributed by atoms with Crippen molar-refractivity contribution < 1.29 is 38.1 Å². The Morgan fingerprint density at radius 3 is 2.68 bits per heavy atom. The van der Waals surface area contributed by atoms with E-state index >= 15 is 0 Å². The molecule has 1 heterocycles. The first-order chi connectivity index (χ1) is 13.3. The van der Waals surface area contributed by atoms with Gasteiger partial charge in [-0.3, -0.25) is 9.36 Å². The number of benzene rings is 1. The van der Waals surface area contributed by atoms with Crippen LogP contribution in [0.4, 0.5) is 4.79 Å². The number of hydrogen-bond donors (Lipinski definition) is 2. The number of esters is 2. The van der Waals surface area contributed by atoms with Crippen LogP contribution in [0, 0.1) is 5.92 Å². The number of alkyl carbamates (subject to hydrolysis) is 1. The first-order valence-electron chi connectivity index (χ1n) is 8.83. The highest BCUT2D eigenvalue weighted by Crippen LogP contribution is 2.45. The fourth-order valence-electron chi connectivity index (χ4n) is 2.77. The second kappa shape index (κ2) is 10.2. The van der Waals surface area contributed by atoms with E-state index in [0.29, 0.717) is 6.42 Å². The van der Waals surface area contributed by atoms with Gasteiger partial charge < -0.3 is 24.4 Å². The smallest absolute Gasteiger partial charge is 0.408 e. The van der Waals surface area contributed by atoms with Crippen molar-refractivity contribution in [2.24, 2.45) is 5.92 Å². The van der Waals surface area contributed by atoms with Crippen LogP contribution in [0.3, 0.4) is 0 Å². The van der Waals surface area contributed by atoms with Gasteiger partial charge in [-0.05, 0) is 18.4 Å². The van der Waals surface area contributed by atoms with E-state index in [4.69, 9.17) is 9.47 Å². The van der Waals surface area contributed by atoms with Crippen molar-refractivity contribution in [2.45, 2.75) is 25.5 Å². The molecule has 28 heavy (non-hydrogen) atoms. The minimum absolute atomic E-state index is 0.0167. The Balaban J connectivity index is 1.86. The van der Waals surface area contributed by atoms with Gasteiger partial charge in [-0.2, -0.15) is 0 Å². The van der Waals surface area contributed by atoms with E-state index in [2.05, 4.69) is 10.1 Å². The van der Waals surface area contributed by atoms with E-state index in [0.717, 1.165) is 12.7 Å². The molecule has 1 saturated heterocycles. The third-order valence-electron chi connectivity index (χ3n) is 4.31. The average molecular weight is 413 g/mol. The minimum Gasteiger partial charge on any atom is -0.467 e. The fourth-order valence-corrected chi connectivity index (χ4v) is 4.63. The lowest BCUT2D eigenvalue weighted by atomic mass is 10.1. The summed E-state index contributed by atoms with van der Waals surface area (Å²) in [5, 5.41) is 2.35. The Bertz CT molecular complexity index is 738. The number of methoxy groups -OCH3 is 1. The van der Waals surface area contributed by atoms with Crippen LogP contribution < -0.4 is 5.32 Å². The molecule has 1 aliphatic rings. The van der Waals surface area contributed by atoms with E-state index in [1.54, 1.807) is 24.3 Å². The molecule has 1 aliphatic heterocycles. The van der Waals surface area contributed by atoms with E-state index in [9.17, 15) is 23.8 Å². The van der Waals surface area contributed by atoms with Crippen molar-refractivity contribution >= 4 is 25.4 Å². The zero-order valence-electron chi connectivity index (χ0n) is 15.5. The molecule has 10 heteroatoms. The number of ether oxygens (including phenoxy) is 3. The Morgan fingerprint density at radius 2 is 2.07 bits per heavy atom. The molecular formula is C18H24NO8P. The molecule has 2 unspecified atom stereocenters. The maximum Gasteiger partial charge on any atom is 0.408 e. The topological polar surface area (TPSA) is 128 Å². The van der Waals surface area contributed by atoms with Gasteiger partial charge in [0.05, 0.1) is 19.6 Å². The van der Waals surface area contributed by atoms with E-state index < -0.39 is 37.4 Å². The van der Waals surface area contributed by atoms with E-state index in [1.807, 2.05) is 6.07 Å². The Kier molecular flexibility index (Phi) is 8.02. The van der Waals surface area contributed by atoms with Crippen molar-refractivity contribution in [3.63, 3.8) is 0 Å². The zero-order chi connectivity index (χ0) is 20.6. The summed E-state index contributed by atoms with van der Waals surface area (Å²) in [5.41, 5.74) is 0.774. The molecule has 2 N–H and O–H groups in total. The third-order valence-corrected chi connectivity index (χ3v) is 6.28. The molecule has 0 radical (unpaired) electrons. The van der Waals surface area contributed by atoms with Gasteiger partial charge in [0.15, 0.2) is 0 Å². The SMILES string of the molecule is COC(=O)[C@H](CCP(=O)(O)CC1CCOC1=O)NC(=O)OCc1ccccc1. The molecule has 0 bridgehead atoms. The summed E-state index contributed by atoms with van der Waals surface area (Å²) in [7, 11) is -2.54. The lowest BCUT2D eigenvalue weighted by molar-refractivity contribution is -0.143. The van der Waals surface area contributed by atoms with Gasteiger partial charge in [0.2, 0.25) is 7.37 Å². The molecule has 1 fully saturated rings. The fraction of sp³-hybridized carbons (Fsp3) is 0.500. The third kappa shape index (κ3) is 6.98. The van der Waals surface area contributed by atoms with Gasteiger partial charge in [-0.25, -0.2) is 9.59 Å². The Hall–Kier alpha value is -2.38. The molecule has 1 aromatic rings. The first kappa shape index (κ1) is 21.9. The Morgan fingerprint density at radius 1 is 1.36 bits per heavy atom. The number of carbonyl (C=O) groups is 3. The van der Waals surface area contributed by atoms with Crippen LogP contribution in [0.15, 0.2) is 30.3 Å². The molecule has 154 valence electrons. The molecule has 3 atom stereocenters. The molecule has 9 nitrogen and oxygen atoms in total. The lowest BCUT2D eigenvalue weighted by Crippen LogP contribution is -2.42. The monoisotopic (exact) mass is 413 g/mol.